The van der Waals surface area contributed by atoms with E-state index < -0.39 is 0 Å². The molecule has 0 atom stereocenters. The quantitative estimate of drug-likeness (QED) is 0.824. The van der Waals surface area contributed by atoms with E-state index in [9.17, 15) is 0 Å². The lowest BCUT2D eigenvalue weighted by Gasteiger charge is -2.13. The summed E-state index contributed by atoms with van der Waals surface area (Å²) in [6.07, 6.45) is 8.37. The molecule has 0 bridgehead atoms. The zero-order valence-corrected chi connectivity index (χ0v) is 9.40. The first kappa shape index (κ1) is 9.77. The Hall–Kier alpha value is -0.770. The topological polar surface area (TPSA) is 37.8 Å². The van der Waals surface area contributed by atoms with E-state index in [-0.39, 0.29) is 0 Å². The van der Waals surface area contributed by atoms with Crippen LogP contribution < -0.4 is 5.32 Å². The number of anilines is 1. The molecule has 0 spiro atoms. The zero-order chi connectivity index (χ0) is 10.0. The van der Waals surface area contributed by atoms with Gasteiger partial charge in [0.1, 0.15) is 5.82 Å². The summed E-state index contributed by atoms with van der Waals surface area (Å²) in [5, 5.41) is 3.34. The Morgan fingerprint density at radius 2 is 2.29 bits per heavy atom. The van der Waals surface area contributed by atoms with Crippen molar-refractivity contribution in [2.24, 2.45) is 0 Å². The molecule has 3 nitrogen and oxygen atoms in total. The normalized spacial score (nSPS) is 17.9. The van der Waals surface area contributed by atoms with Crippen LogP contribution in [0, 0.1) is 6.92 Å². The van der Waals surface area contributed by atoms with Gasteiger partial charge in [-0.25, -0.2) is 4.98 Å². The standard InChI is InChI=1S/C10H15N3S/c1-8-5-11-6-9(13-8)12-7-10(14-2)3-4-10/h5-6H,3-4,7H2,1-2H3,(H,12,13). The van der Waals surface area contributed by atoms with Crippen molar-refractivity contribution in [2.75, 3.05) is 18.1 Å². The average molecular weight is 209 g/mol. The summed E-state index contributed by atoms with van der Waals surface area (Å²) in [6, 6.07) is 0. The van der Waals surface area contributed by atoms with Gasteiger partial charge in [0.2, 0.25) is 0 Å². The predicted molar refractivity (Wildman–Crippen MR) is 60.7 cm³/mol. The van der Waals surface area contributed by atoms with Crippen molar-refractivity contribution in [2.45, 2.75) is 24.5 Å². The number of rotatable bonds is 4. The van der Waals surface area contributed by atoms with Gasteiger partial charge in [0.25, 0.3) is 0 Å². The summed E-state index contributed by atoms with van der Waals surface area (Å²) in [4.78, 5) is 8.45. The monoisotopic (exact) mass is 209 g/mol. The largest absolute Gasteiger partial charge is 0.367 e. The van der Waals surface area contributed by atoms with E-state index in [1.165, 1.54) is 12.8 Å². The lowest BCUT2D eigenvalue weighted by Crippen LogP contribution is -2.18. The molecule has 1 aromatic rings. The fourth-order valence-corrected chi connectivity index (χ4v) is 2.12. The van der Waals surface area contributed by atoms with Gasteiger partial charge >= 0.3 is 0 Å². The van der Waals surface area contributed by atoms with Crippen LogP contribution in [0.4, 0.5) is 5.82 Å². The van der Waals surface area contributed by atoms with Gasteiger partial charge in [0.15, 0.2) is 0 Å². The molecule has 1 saturated carbocycles. The number of nitrogens with one attached hydrogen (secondary N) is 1. The summed E-state index contributed by atoms with van der Waals surface area (Å²) in [5.74, 6) is 0.894. The molecule has 1 aromatic heterocycles. The average Bonchev–Trinajstić information content (AvgIpc) is 2.96. The SMILES string of the molecule is CSC1(CNc2cncc(C)n2)CC1. The van der Waals surface area contributed by atoms with Crippen LogP contribution >= 0.6 is 11.8 Å². The third-order valence-corrected chi connectivity index (χ3v) is 4.01. The Morgan fingerprint density at radius 3 is 2.86 bits per heavy atom. The molecule has 0 radical (unpaired) electrons. The Balaban J connectivity index is 1.92. The van der Waals surface area contributed by atoms with Crippen LogP contribution in [0.3, 0.4) is 0 Å². The van der Waals surface area contributed by atoms with Gasteiger partial charge in [-0.1, -0.05) is 0 Å². The molecular formula is C10H15N3S. The highest BCUT2D eigenvalue weighted by Crippen LogP contribution is 2.46. The van der Waals surface area contributed by atoms with Gasteiger partial charge in [-0.05, 0) is 26.0 Å². The molecule has 0 saturated heterocycles. The van der Waals surface area contributed by atoms with Crippen LogP contribution in [0.2, 0.25) is 0 Å². The minimum absolute atomic E-state index is 0.478. The zero-order valence-electron chi connectivity index (χ0n) is 8.58. The van der Waals surface area contributed by atoms with E-state index in [1.807, 2.05) is 18.7 Å². The smallest absolute Gasteiger partial charge is 0.144 e. The molecule has 1 aliphatic carbocycles. The van der Waals surface area contributed by atoms with Gasteiger partial charge in [-0.3, -0.25) is 4.98 Å². The molecule has 0 aromatic carbocycles. The Kier molecular flexibility index (Phi) is 2.63. The van der Waals surface area contributed by atoms with E-state index in [1.54, 1.807) is 12.4 Å². The van der Waals surface area contributed by atoms with E-state index in [0.717, 1.165) is 18.1 Å². The van der Waals surface area contributed by atoms with Gasteiger partial charge in [-0.15, -0.1) is 0 Å². The second kappa shape index (κ2) is 3.77. The highest BCUT2D eigenvalue weighted by atomic mass is 32.2. The van der Waals surface area contributed by atoms with E-state index in [2.05, 4.69) is 21.5 Å². The first-order valence-corrected chi connectivity index (χ1v) is 6.04. The second-order valence-electron chi connectivity index (χ2n) is 3.79. The summed E-state index contributed by atoms with van der Waals surface area (Å²) in [6.45, 7) is 2.96. The van der Waals surface area contributed by atoms with Crippen molar-refractivity contribution in [3.63, 3.8) is 0 Å². The van der Waals surface area contributed by atoms with E-state index >= 15 is 0 Å². The number of aromatic nitrogens is 2. The maximum absolute atomic E-state index is 4.36. The van der Waals surface area contributed by atoms with Gasteiger partial charge in [0, 0.05) is 17.5 Å². The molecule has 76 valence electrons. The van der Waals surface area contributed by atoms with Crippen molar-refractivity contribution in [1.82, 2.24) is 9.97 Å². The second-order valence-corrected chi connectivity index (χ2v) is 5.06. The molecule has 1 N–H and O–H groups in total. The van der Waals surface area contributed by atoms with Crippen LogP contribution in [0.1, 0.15) is 18.5 Å². The molecule has 1 heterocycles. The summed E-state index contributed by atoms with van der Waals surface area (Å²) in [5.41, 5.74) is 0.962. The van der Waals surface area contributed by atoms with E-state index in [4.69, 9.17) is 0 Å². The van der Waals surface area contributed by atoms with Crippen LogP contribution in [0.5, 0.6) is 0 Å². The van der Waals surface area contributed by atoms with Crippen molar-refractivity contribution in [3.05, 3.63) is 18.1 Å². The molecule has 0 unspecified atom stereocenters. The fraction of sp³-hybridized carbons (Fsp3) is 0.600. The van der Waals surface area contributed by atoms with Crippen molar-refractivity contribution in [3.8, 4) is 0 Å². The molecule has 0 amide bonds. The first-order valence-electron chi connectivity index (χ1n) is 4.82. The summed E-state index contributed by atoms with van der Waals surface area (Å²) >= 11 is 1.95. The predicted octanol–water partition coefficient (Wildman–Crippen LogP) is 2.09. The van der Waals surface area contributed by atoms with Crippen LogP contribution in [0.25, 0.3) is 0 Å². The molecular weight excluding hydrogens is 194 g/mol. The Morgan fingerprint density at radius 1 is 1.50 bits per heavy atom. The number of hydrogen-bond donors (Lipinski definition) is 1. The van der Waals surface area contributed by atoms with Crippen molar-refractivity contribution in [1.29, 1.82) is 0 Å². The third kappa shape index (κ3) is 2.18. The number of aryl methyl sites for hydroxylation is 1. The van der Waals surface area contributed by atoms with Crippen molar-refractivity contribution >= 4 is 17.6 Å². The molecule has 14 heavy (non-hydrogen) atoms. The highest BCUT2D eigenvalue weighted by molar-refractivity contribution is 8.00. The Labute approximate surface area is 88.7 Å². The van der Waals surface area contributed by atoms with Gasteiger partial charge < -0.3 is 5.32 Å². The molecule has 2 rings (SSSR count). The molecule has 0 aliphatic heterocycles. The Bertz CT molecular complexity index is 323. The minimum Gasteiger partial charge on any atom is -0.367 e. The summed E-state index contributed by atoms with van der Waals surface area (Å²) < 4.78 is 0.478. The minimum atomic E-state index is 0.478. The van der Waals surface area contributed by atoms with Crippen LogP contribution in [0.15, 0.2) is 12.4 Å². The number of nitrogens with zero attached hydrogens (tertiary/aromatic N) is 2. The van der Waals surface area contributed by atoms with Crippen LogP contribution in [-0.4, -0.2) is 27.5 Å². The van der Waals surface area contributed by atoms with Gasteiger partial charge in [-0.2, -0.15) is 11.8 Å². The number of thioether (sulfide) groups is 1. The van der Waals surface area contributed by atoms with Crippen LogP contribution in [-0.2, 0) is 0 Å². The summed E-state index contributed by atoms with van der Waals surface area (Å²) in [7, 11) is 0. The fourth-order valence-electron chi connectivity index (χ4n) is 1.39. The molecule has 4 heteroatoms. The third-order valence-electron chi connectivity index (χ3n) is 2.59. The molecule has 1 fully saturated rings. The highest BCUT2D eigenvalue weighted by Gasteiger charge is 2.41. The maximum Gasteiger partial charge on any atom is 0.144 e. The lowest BCUT2D eigenvalue weighted by molar-refractivity contribution is 0.933. The van der Waals surface area contributed by atoms with Crippen molar-refractivity contribution < 1.29 is 0 Å². The van der Waals surface area contributed by atoms with Gasteiger partial charge in [0.05, 0.1) is 11.9 Å². The molecule has 1 aliphatic rings. The first-order chi connectivity index (χ1) is 6.74. The lowest BCUT2D eigenvalue weighted by atomic mass is 10.4. The van der Waals surface area contributed by atoms with E-state index in [0.29, 0.717) is 4.75 Å². The maximum atomic E-state index is 4.36. The number of hydrogen-bond acceptors (Lipinski definition) is 4.